The van der Waals surface area contributed by atoms with Crippen LogP contribution < -0.4 is 0 Å². The van der Waals surface area contributed by atoms with Crippen molar-refractivity contribution in [2.24, 2.45) is 5.92 Å². The number of amides is 1. The Morgan fingerprint density at radius 2 is 1.85 bits per heavy atom. The van der Waals surface area contributed by atoms with Crippen LogP contribution in [0.15, 0.2) is 48.7 Å². The quantitative estimate of drug-likeness (QED) is 0.454. The van der Waals surface area contributed by atoms with E-state index in [0.717, 1.165) is 28.5 Å². The number of ether oxygens (including phenoxy) is 1. The van der Waals surface area contributed by atoms with Crippen LogP contribution in [0.1, 0.15) is 55.7 Å². The van der Waals surface area contributed by atoms with E-state index in [1.54, 1.807) is 0 Å². The van der Waals surface area contributed by atoms with Gasteiger partial charge in [0.05, 0.1) is 12.5 Å². The molecule has 1 fully saturated rings. The van der Waals surface area contributed by atoms with Gasteiger partial charge in [0.15, 0.2) is 0 Å². The van der Waals surface area contributed by atoms with Crippen LogP contribution in [0.2, 0.25) is 5.02 Å². The number of carbonyl (C=O) groups is 2. The zero-order valence-corrected chi connectivity index (χ0v) is 20.0. The Morgan fingerprint density at radius 3 is 2.52 bits per heavy atom. The lowest BCUT2D eigenvalue weighted by Gasteiger charge is -2.32. The third-order valence-corrected chi connectivity index (χ3v) is 6.96. The van der Waals surface area contributed by atoms with E-state index in [4.69, 9.17) is 16.3 Å². The van der Waals surface area contributed by atoms with Crippen molar-refractivity contribution in [1.82, 2.24) is 9.88 Å². The predicted molar refractivity (Wildman–Crippen MR) is 132 cm³/mol. The number of aromatic nitrogens is 1. The van der Waals surface area contributed by atoms with E-state index in [2.05, 4.69) is 30.1 Å². The third-order valence-electron chi connectivity index (χ3n) is 6.71. The van der Waals surface area contributed by atoms with Gasteiger partial charge >= 0.3 is 5.97 Å². The van der Waals surface area contributed by atoms with Gasteiger partial charge in [-0.2, -0.15) is 0 Å². The van der Waals surface area contributed by atoms with Crippen molar-refractivity contribution in [3.8, 4) is 0 Å². The van der Waals surface area contributed by atoms with Crippen LogP contribution in [0.3, 0.4) is 0 Å². The molecule has 3 aromatic rings. The topological polar surface area (TPSA) is 62.4 Å². The number of nitrogens with one attached hydrogen (secondary N) is 1. The normalized spacial score (nSPS) is 15.5. The van der Waals surface area contributed by atoms with Gasteiger partial charge in [-0.05, 0) is 55.0 Å². The molecule has 0 radical (unpaired) electrons. The fourth-order valence-corrected chi connectivity index (χ4v) is 4.98. The number of likely N-dealkylation sites (tertiary alicyclic amines) is 1. The molecule has 1 aliphatic rings. The maximum Gasteiger partial charge on any atom is 0.309 e. The van der Waals surface area contributed by atoms with Crippen molar-refractivity contribution < 1.29 is 14.3 Å². The van der Waals surface area contributed by atoms with Crippen LogP contribution in [0.5, 0.6) is 0 Å². The van der Waals surface area contributed by atoms with E-state index in [9.17, 15) is 9.59 Å². The third kappa shape index (κ3) is 5.09. The van der Waals surface area contributed by atoms with E-state index < -0.39 is 0 Å². The second-order valence-electron chi connectivity index (χ2n) is 8.65. The van der Waals surface area contributed by atoms with E-state index >= 15 is 0 Å². The van der Waals surface area contributed by atoms with Crippen LogP contribution in [-0.4, -0.2) is 41.5 Å². The highest BCUT2D eigenvalue weighted by Gasteiger charge is 2.30. The number of fused-ring (bicyclic) bond motifs is 1. The standard InChI is InChI=1S/C27H31ClN2O3/c1-3-18-6-5-7-22-24(17-29-26(18)22)23(19-8-10-21(28)11-9-19)16-25(31)30-14-12-20(13-15-30)27(32)33-4-2/h5-11,17,20,23,29H,3-4,12-16H2,1-2H3. The van der Waals surface area contributed by atoms with Crippen molar-refractivity contribution in [2.45, 2.75) is 45.4 Å². The first kappa shape index (κ1) is 23.4. The van der Waals surface area contributed by atoms with Gasteiger partial charge in [-0.15, -0.1) is 0 Å². The molecule has 1 unspecified atom stereocenters. The molecule has 1 atom stereocenters. The highest BCUT2D eigenvalue weighted by atomic mass is 35.5. The number of piperidine rings is 1. The Balaban J connectivity index is 1.58. The Bertz CT molecular complexity index is 1110. The molecule has 1 aliphatic heterocycles. The molecule has 0 bridgehead atoms. The number of rotatable bonds is 7. The molecular formula is C27H31ClN2O3. The van der Waals surface area contributed by atoms with Crippen LogP contribution in [0.25, 0.3) is 10.9 Å². The number of carbonyl (C=O) groups excluding carboxylic acids is 2. The monoisotopic (exact) mass is 466 g/mol. The summed E-state index contributed by atoms with van der Waals surface area (Å²) < 4.78 is 5.16. The number of aromatic amines is 1. The van der Waals surface area contributed by atoms with Gasteiger partial charge in [0, 0.05) is 47.6 Å². The van der Waals surface area contributed by atoms with Crippen molar-refractivity contribution in [2.75, 3.05) is 19.7 Å². The minimum Gasteiger partial charge on any atom is -0.466 e. The van der Waals surface area contributed by atoms with Crippen molar-refractivity contribution in [3.63, 3.8) is 0 Å². The van der Waals surface area contributed by atoms with Crippen molar-refractivity contribution in [1.29, 1.82) is 0 Å². The summed E-state index contributed by atoms with van der Waals surface area (Å²) in [6.45, 7) is 5.54. The van der Waals surface area contributed by atoms with Gasteiger partial charge in [-0.3, -0.25) is 9.59 Å². The smallest absolute Gasteiger partial charge is 0.309 e. The lowest BCUT2D eigenvalue weighted by molar-refractivity contribution is -0.151. The summed E-state index contributed by atoms with van der Waals surface area (Å²) in [5, 5.41) is 1.83. The first-order valence-electron chi connectivity index (χ1n) is 11.8. The number of para-hydroxylation sites is 1. The molecule has 0 saturated carbocycles. The van der Waals surface area contributed by atoms with E-state index in [1.165, 1.54) is 5.56 Å². The Hall–Kier alpha value is -2.79. The second-order valence-corrected chi connectivity index (χ2v) is 9.09. The molecule has 1 amide bonds. The minimum atomic E-state index is -0.144. The molecule has 0 aliphatic carbocycles. The van der Waals surface area contributed by atoms with E-state index in [1.807, 2.05) is 42.3 Å². The first-order chi connectivity index (χ1) is 16.0. The van der Waals surface area contributed by atoms with Crippen molar-refractivity contribution >= 4 is 34.4 Å². The number of benzene rings is 2. The summed E-state index contributed by atoms with van der Waals surface area (Å²) in [6, 6.07) is 14.1. The van der Waals surface area contributed by atoms with Gasteiger partial charge in [0.2, 0.25) is 5.91 Å². The van der Waals surface area contributed by atoms with Gasteiger partial charge in [-0.25, -0.2) is 0 Å². The lowest BCUT2D eigenvalue weighted by atomic mass is 9.87. The summed E-state index contributed by atoms with van der Waals surface area (Å²) in [4.78, 5) is 30.8. The Labute approximate surface area is 200 Å². The van der Waals surface area contributed by atoms with Crippen LogP contribution in [-0.2, 0) is 20.7 Å². The summed E-state index contributed by atoms with van der Waals surface area (Å²) in [7, 11) is 0. The molecule has 174 valence electrons. The average Bonchev–Trinajstić information content (AvgIpc) is 3.27. The van der Waals surface area contributed by atoms with Crippen LogP contribution in [0.4, 0.5) is 0 Å². The molecule has 1 aromatic heterocycles. The summed E-state index contributed by atoms with van der Waals surface area (Å²) in [6.07, 6.45) is 4.67. The zero-order chi connectivity index (χ0) is 23.4. The van der Waals surface area contributed by atoms with E-state index in [-0.39, 0.29) is 23.7 Å². The average molecular weight is 467 g/mol. The zero-order valence-electron chi connectivity index (χ0n) is 19.3. The molecule has 33 heavy (non-hydrogen) atoms. The van der Waals surface area contributed by atoms with Crippen LogP contribution >= 0.6 is 11.6 Å². The summed E-state index contributed by atoms with van der Waals surface area (Å²) >= 11 is 6.15. The highest BCUT2D eigenvalue weighted by Crippen LogP contribution is 2.36. The number of nitrogens with zero attached hydrogens (tertiary/aromatic N) is 1. The lowest BCUT2D eigenvalue weighted by Crippen LogP contribution is -2.41. The van der Waals surface area contributed by atoms with Gasteiger partial charge < -0.3 is 14.6 Å². The number of aryl methyl sites for hydroxylation is 1. The Kier molecular flexibility index (Phi) is 7.39. The van der Waals surface area contributed by atoms with Crippen LogP contribution in [0, 0.1) is 5.92 Å². The number of halogens is 1. The number of esters is 1. The molecule has 2 heterocycles. The predicted octanol–water partition coefficient (Wildman–Crippen LogP) is 5.71. The fourth-order valence-electron chi connectivity index (χ4n) is 4.85. The van der Waals surface area contributed by atoms with Gasteiger partial charge in [-0.1, -0.05) is 48.9 Å². The van der Waals surface area contributed by atoms with Crippen molar-refractivity contribution in [3.05, 3.63) is 70.4 Å². The maximum atomic E-state index is 13.4. The largest absolute Gasteiger partial charge is 0.466 e. The van der Waals surface area contributed by atoms with E-state index in [0.29, 0.717) is 44.0 Å². The summed E-state index contributed by atoms with van der Waals surface area (Å²) in [5.41, 5.74) is 4.59. The minimum absolute atomic E-state index is 0.0848. The summed E-state index contributed by atoms with van der Waals surface area (Å²) in [5.74, 6) is -0.229. The molecule has 2 aromatic carbocycles. The SMILES string of the molecule is CCOC(=O)C1CCN(C(=O)CC(c2ccc(Cl)cc2)c2c[nH]c3c(CC)cccc23)CC1. The fraction of sp³-hybridized carbons (Fsp3) is 0.407. The molecule has 0 spiro atoms. The first-order valence-corrected chi connectivity index (χ1v) is 12.2. The number of hydrogen-bond acceptors (Lipinski definition) is 3. The second kappa shape index (κ2) is 10.4. The number of hydrogen-bond donors (Lipinski definition) is 1. The molecule has 1 N–H and O–H groups in total. The highest BCUT2D eigenvalue weighted by molar-refractivity contribution is 6.30. The number of H-pyrrole nitrogens is 1. The van der Waals surface area contributed by atoms with Gasteiger partial charge in [0.25, 0.3) is 0 Å². The molecule has 5 nitrogen and oxygen atoms in total. The van der Waals surface area contributed by atoms with Gasteiger partial charge in [0.1, 0.15) is 0 Å². The molecule has 6 heteroatoms. The molecular weight excluding hydrogens is 436 g/mol. The molecule has 1 saturated heterocycles. The molecule has 4 rings (SSSR count). The maximum absolute atomic E-state index is 13.4. The Morgan fingerprint density at radius 1 is 1.12 bits per heavy atom.